The summed E-state index contributed by atoms with van der Waals surface area (Å²) >= 11 is 1.78. The van der Waals surface area contributed by atoms with E-state index >= 15 is 0 Å². The van der Waals surface area contributed by atoms with Crippen molar-refractivity contribution in [1.82, 2.24) is 0 Å². The van der Waals surface area contributed by atoms with Crippen LogP contribution in [0, 0.1) is 0 Å². The normalized spacial score (nSPS) is 13.3. The molecule has 7 heteroatoms. The van der Waals surface area contributed by atoms with Gasteiger partial charge in [-0.2, -0.15) is 11.8 Å². The van der Waals surface area contributed by atoms with Gasteiger partial charge in [-0.05, 0) is 24.8 Å². The third kappa shape index (κ3) is 4.08. The molecule has 0 radical (unpaired) electrons. The first-order chi connectivity index (χ1) is 8.36. The van der Waals surface area contributed by atoms with E-state index in [1.807, 2.05) is 0 Å². The molecule has 102 valence electrons. The number of thioether (sulfide) groups is 1. The van der Waals surface area contributed by atoms with Crippen LogP contribution >= 0.6 is 11.8 Å². The van der Waals surface area contributed by atoms with E-state index in [-0.39, 0.29) is 10.6 Å². The van der Waals surface area contributed by atoms with Crippen molar-refractivity contribution >= 4 is 33.2 Å². The molecule has 1 unspecified atom stereocenters. The molecule has 0 spiro atoms. The molecule has 1 atom stereocenters. The molecule has 0 aliphatic rings. The monoisotopic (exact) mass is 289 g/mol. The Morgan fingerprint density at radius 1 is 1.44 bits per heavy atom. The fourth-order valence-corrected chi connectivity index (χ4v) is 2.51. The zero-order valence-corrected chi connectivity index (χ0v) is 12.1. The molecule has 0 aliphatic heterocycles. The van der Waals surface area contributed by atoms with Crippen molar-refractivity contribution in [3.05, 3.63) is 18.2 Å². The number of hydrogen-bond donors (Lipinski definition) is 3. The number of nitrogen functional groups attached to an aromatic ring is 1. The minimum absolute atomic E-state index is 0.0367. The highest BCUT2D eigenvalue weighted by atomic mass is 32.2. The van der Waals surface area contributed by atoms with Gasteiger partial charge >= 0.3 is 0 Å². The molecule has 0 saturated carbocycles. The second kappa shape index (κ2) is 6.31. The van der Waals surface area contributed by atoms with Gasteiger partial charge in [-0.25, -0.2) is 13.6 Å². The number of nitrogens with one attached hydrogen (secondary N) is 1. The lowest BCUT2D eigenvalue weighted by molar-refractivity contribution is 0.598. The Labute approximate surface area is 112 Å². The van der Waals surface area contributed by atoms with Gasteiger partial charge in [0.1, 0.15) is 4.90 Å². The van der Waals surface area contributed by atoms with Crippen molar-refractivity contribution in [3.8, 4) is 0 Å². The minimum Gasteiger partial charge on any atom is -0.396 e. The Hall–Kier alpha value is -0.920. The van der Waals surface area contributed by atoms with Crippen molar-refractivity contribution in [1.29, 1.82) is 0 Å². The van der Waals surface area contributed by atoms with Gasteiger partial charge in [-0.3, -0.25) is 0 Å². The SMILES string of the molecule is CSC(C)CCNc1cccc(S(N)(=O)=O)c1N. The van der Waals surface area contributed by atoms with Gasteiger partial charge in [0, 0.05) is 11.8 Å². The molecule has 5 nitrogen and oxygen atoms in total. The van der Waals surface area contributed by atoms with Crippen LogP contribution in [-0.2, 0) is 10.0 Å². The third-order valence-electron chi connectivity index (χ3n) is 2.64. The molecule has 0 fully saturated rings. The predicted octanol–water partition coefficient (Wildman–Crippen LogP) is 1.47. The molecular weight excluding hydrogens is 270 g/mol. The fraction of sp³-hybridized carbons (Fsp3) is 0.455. The van der Waals surface area contributed by atoms with Crippen LogP contribution in [0.25, 0.3) is 0 Å². The number of primary sulfonamides is 1. The van der Waals surface area contributed by atoms with Gasteiger partial charge < -0.3 is 11.1 Å². The average Bonchev–Trinajstić information content (AvgIpc) is 2.29. The van der Waals surface area contributed by atoms with Crippen LogP contribution in [0.5, 0.6) is 0 Å². The third-order valence-corrected chi connectivity index (χ3v) is 4.65. The molecule has 1 rings (SSSR count). The van der Waals surface area contributed by atoms with Crippen molar-refractivity contribution in [2.75, 3.05) is 23.9 Å². The lowest BCUT2D eigenvalue weighted by Gasteiger charge is -2.13. The highest BCUT2D eigenvalue weighted by Crippen LogP contribution is 2.25. The maximum absolute atomic E-state index is 11.3. The summed E-state index contributed by atoms with van der Waals surface area (Å²) in [7, 11) is -3.77. The van der Waals surface area contributed by atoms with E-state index in [1.165, 1.54) is 6.07 Å². The minimum atomic E-state index is -3.77. The number of hydrogen-bond acceptors (Lipinski definition) is 5. The molecule has 0 aromatic heterocycles. The summed E-state index contributed by atoms with van der Waals surface area (Å²) in [6, 6.07) is 4.77. The van der Waals surface area contributed by atoms with Gasteiger partial charge in [-0.1, -0.05) is 13.0 Å². The Morgan fingerprint density at radius 2 is 2.11 bits per heavy atom. The van der Waals surface area contributed by atoms with Gasteiger partial charge in [0.15, 0.2) is 0 Å². The van der Waals surface area contributed by atoms with E-state index < -0.39 is 10.0 Å². The Kier molecular flexibility index (Phi) is 5.30. The number of rotatable bonds is 6. The van der Waals surface area contributed by atoms with Crippen LogP contribution in [0.4, 0.5) is 11.4 Å². The summed E-state index contributed by atoms with van der Waals surface area (Å²) in [5.74, 6) is 0. The molecule has 0 amide bonds. The molecule has 5 N–H and O–H groups in total. The van der Waals surface area contributed by atoms with E-state index in [0.29, 0.717) is 10.9 Å². The first-order valence-electron chi connectivity index (χ1n) is 5.54. The van der Waals surface area contributed by atoms with Crippen molar-refractivity contribution in [3.63, 3.8) is 0 Å². The second-order valence-electron chi connectivity index (χ2n) is 4.02. The largest absolute Gasteiger partial charge is 0.396 e. The van der Waals surface area contributed by atoms with E-state index in [2.05, 4.69) is 18.5 Å². The predicted molar refractivity (Wildman–Crippen MR) is 78.3 cm³/mol. The molecule has 1 aromatic rings. The van der Waals surface area contributed by atoms with Gasteiger partial charge in [0.05, 0.1) is 11.4 Å². The smallest absolute Gasteiger partial charge is 0.240 e. The number of nitrogens with two attached hydrogens (primary N) is 2. The summed E-state index contributed by atoms with van der Waals surface area (Å²) < 4.78 is 22.6. The Morgan fingerprint density at radius 3 is 2.67 bits per heavy atom. The number of sulfonamides is 1. The first kappa shape index (κ1) is 15.1. The summed E-state index contributed by atoms with van der Waals surface area (Å²) in [4.78, 5) is -0.0367. The summed E-state index contributed by atoms with van der Waals surface area (Å²) in [6.45, 7) is 2.87. The van der Waals surface area contributed by atoms with E-state index in [9.17, 15) is 8.42 Å². The fourth-order valence-electron chi connectivity index (χ4n) is 1.47. The maximum Gasteiger partial charge on any atom is 0.240 e. The van der Waals surface area contributed by atoms with Gasteiger partial charge in [0.2, 0.25) is 10.0 Å². The molecule has 18 heavy (non-hydrogen) atoms. The maximum atomic E-state index is 11.3. The summed E-state index contributed by atoms with van der Waals surface area (Å²) in [5.41, 5.74) is 6.58. The van der Waals surface area contributed by atoms with Crippen LogP contribution in [0.2, 0.25) is 0 Å². The van der Waals surface area contributed by atoms with Gasteiger partial charge in [0.25, 0.3) is 0 Å². The van der Waals surface area contributed by atoms with Gasteiger partial charge in [-0.15, -0.1) is 0 Å². The van der Waals surface area contributed by atoms with E-state index in [4.69, 9.17) is 10.9 Å². The molecule has 0 aliphatic carbocycles. The first-order valence-corrected chi connectivity index (χ1v) is 8.37. The number of anilines is 2. The van der Waals surface area contributed by atoms with Crippen LogP contribution in [0.15, 0.2) is 23.1 Å². The zero-order valence-electron chi connectivity index (χ0n) is 10.5. The highest BCUT2D eigenvalue weighted by molar-refractivity contribution is 7.99. The summed E-state index contributed by atoms with van der Waals surface area (Å²) in [5, 5.41) is 8.76. The summed E-state index contributed by atoms with van der Waals surface area (Å²) in [6.07, 6.45) is 3.03. The van der Waals surface area contributed by atoms with Crippen LogP contribution < -0.4 is 16.2 Å². The standard InChI is InChI=1S/C11H19N3O2S2/c1-8(17-2)6-7-14-9-4-3-5-10(11(9)12)18(13,15)16/h3-5,8,14H,6-7,12H2,1-2H3,(H2,13,15,16). The van der Waals surface area contributed by atoms with Crippen LogP contribution in [0.3, 0.4) is 0 Å². The van der Waals surface area contributed by atoms with E-state index in [0.717, 1.165) is 13.0 Å². The van der Waals surface area contributed by atoms with Crippen LogP contribution in [-0.4, -0.2) is 26.5 Å². The average molecular weight is 289 g/mol. The molecule has 0 heterocycles. The Balaban J connectivity index is 2.79. The molecular formula is C11H19N3O2S2. The van der Waals surface area contributed by atoms with Crippen molar-refractivity contribution in [2.45, 2.75) is 23.5 Å². The topological polar surface area (TPSA) is 98.2 Å². The molecule has 0 bridgehead atoms. The lowest BCUT2D eigenvalue weighted by Crippen LogP contribution is -2.16. The van der Waals surface area contributed by atoms with Crippen molar-refractivity contribution < 1.29 is 8.42 Å². The quantitative estimate of drug-likeness (QED) is 0.689. The Bertz CT molecular complexity index is 503. The number of benzene rings is 1. The van der Waals surface area contributed by atoms with E-state index in [1.54, 1.807) is 23.9 Å². The number of para-hydroxylation sites is 1. The molecule has 0 saturated heterocycles. The molecule has 1 aromatic carbocycles. The highest BCUT2D eigenvalue weighted by Gasteiger charge is 2.14. The zero-order chi connectivity index (χ0) is 13.8. The van der Waals surface area contributed by atoms with Crippen molar-refractivity contribution in [2.24, 2.45) is 5.14 Å². The van der Waals surface area contributed by atoms with Crippen LogP contribution in [0.1, 0.15) is 13.3 Å². The second-order valence-corrected chi connectivity index (χ2v) is 6.83. The lowest BCUT2D eigenvalue weighted by atomic mass is 10.2.